The van der Waals surface area contributed by atoms with Crippen molar-refractivity contribution in [1.29, 1.82) is 0 Å². The van der Waals surface area contributed by atoms with Gasteiger partial charge in [-0.15, -0.1) is 0 Å². The van der Waals surface area contributed by atoms with Gasteiger partial charge in [-0.25, -0.2) is 8.42 Å². The monoisotopic (exact) mass is 380 g/mol. The van der Waals surface area contributed by atoms with Crippen LogP contribution in [0.25, 0.3) is 0 Å². The molecule has 25 heavy (non-hydrogen) atoms. The lowest BCUT2D eigenvalue weighted by Crippen LogP contribution is -2.44. The highest BCUT2D eigenvalue weighted by Gasteiger charge is 2.50. The molecule has 1 atom stereocenters. The van der Waals surface area contributed by atoms with Crippen LogP contribution >= 0.6 is 0 Å². The smallest absolute Gasteiger partial charge is 0.380 e. The summed E-state index contributed by atoms with van der Waals surface area (Å²) in [6.07, 6.45) is -4.50. The number of nitrogens with one attached hydrogen (secondary N) is 1. The first-order valence-electron chi connectivity index (χ1n) is 7.63. The molecule has 1 saturated heterocycles. The largest absolute Gasteiger partial charge is 0.417 e. The molecule has 0 bridgehead atoms. The van der Waals surface area contributed by atoms with Crippen LogP contribution in [0.4, 0.5) is 18.9 Å². The molecule has 6 nitrogen and oxygen atoms in total. The lowest BCUT2D eigenvalue weighted by molar-refractivity contribution is -0.252. The van der Waals surface area contributed by atoms with Crippen molar-refractivity contribution >= 4 is 21.6 Å². The highest BCUT2D eigenvalue weighted by Crippen LogP contribution is 2.32. The fourth-order valence-corrected chi connectivity index (χ4v) is 3.92. The molecule has 1 heterocycles. The molecule has 140 valence electrons. The van der Waals surface area contributed by atoms with E-state index in [0.29, 0.717) is 20.0 Å². The first kappa shape index (κ1) is 19.7. The molecule has 1 aromatic carbocycles. The molecule has 2 rings (SSSR count). The third kappa shape index (κ3) is 4.50. The zero-order valence-electron chi connectivity index (χ0n) is 13.5. The Labute approximate surface area is 143 Å². The number of amides is 1. The molecule has 0 spiro atoms. The van der Waals surface area contributed by atoms with Gasteiger partial charge in [-0.2, -0.15) is 17.5 Å². The third-order valence-corrected chi connectivity index (χ3v) is 5.87. The van der Waals surface area contributed by atoms with Crippen molar-refractivity contribution in [3.8, 4) is 0 Å². The van der Waals surface area contributed by atoms with Gasteiger partial charge >= 0.3 is 6.18 Å². The van der Waals surface area contributed by atoms with Crippen molar-refractivity contribution in [3.63, 3.8) is 0 Å². The average molecular weight is 380 g/mol. The molecule has 1 fully saturated rings. The Hall–Kier alpha value is -1.65. The summed E-state index contributed by atoms with van der Waals surface area (Å²) < 4.78 is 63.7. The Kier molecular flexibility index (Phi) is 5.45. The minimum Gasteiger partial charge on any atom is -0.380 e. The van der Waals surface area contributed by atoms with Crippen molar-refractivity contribution in [1.82, 2.24) is 4.31 Å². The van der Waals surface area contributed by atoms with Crippen LogP contribution in [0.1, 0.15) is 26.2 Å². The van der Waals surface area contributed by atoms with E-state index in [4.69, 9.17) is 0 Å². The Morgan fingerprint density at radius 3 is 2.20 bits per heavy atom. The molecule has 1 amide bonds. The molecule has 1 aliphatic heterocycles. The second kappa shape index (κ2) is 6.93. The fourth-order valence-electron chi connectivity index (χ4n) is 2.41. The normalized spacial score (nSPS) is 18.8. The van der Waals surface area contributed by atoms with Crippen LogP contribution in [0.15, 0.2) is 29.2 Å². The second-order valence-corrected chi connectivity index (χ2v) is 8.07. The van der Waals surface area contributed by atoms with Gasteiger partial charge < -0.3 is 10.4 Å². The Morgan fingerprint density at radius 2 is 1.72 bits per heavy atom. The van der Waals surface area contributed by atoms with Crippen LogP contribution in [-0.4, -0.2) is 48.6 Å². The van der Waals surface area contributed by atoms with Crippen LogP contribution in [-0.2, 0) is 14.8 Å². The third-order valence-electron chi connectivity index (χ3n) is 3.96. The molecule has 0 radical (unpaired) electrons. The van der Waals surface area contributed by atoms with E-state index in [2.05, 4.69) is 5.32 Å². The number of nitrogens with zero attached hydrogens (tertiary/aromatic N) is 1. The van der Waals surface area contributed by atoms with Crippen LogP contribution in [0.2, 0.25) is 0 Å². The van der Waals surface area contributed by atoms with E-state index in [0.717, 1.165) is 12.8 Å². The number of alkyl halides is 3. The van der Waals surface area contributed by atoms with Crippen molar-refractivity contribution < 1.29 is 31.5 Å². The summed E-state index contributed by atoms with van der Waals surface area (Å²) in [5.41, 5.74) is -3.00. The number of aliphatic hydroxyl groups is 1. The minimum absolute atomic E-state index is 0.0506. The molecule has 10 heteroatoms. The Morgan fingerprint density at radius 1 is 1.20 bits per heavy atom. The van der Waals surface area contributed by atoms with Gasteiger partial charge in [0.1, 0.15) is 0 Å². The quantitative estimate of drug-likeness (QED) is 0.819. The van der Waals surface area contributed by atoms with Crippen molar-refractivity contribution in [2.75, 3.05) is 18.4 Å². The molecule has 2 N–H and O–H groups in total. The van der Waals surface area contributed by atoms with E-state index in [-0.39, 0.29) is 10.6 Å². The SMILES string of the molecule is CC(O)(CC(=O)Nc1ccc(S(=O)(=O)N2CCCC2)cc1)C(F)(F)F. The molecule has 1 aromatic rings. The summed E-state index contributed by atoms with van der Waals surface area (Å²) in [6, 6.07) is 5.16. The van der Waals surface area contributed by atoms with Crippen LogP contribution in [0.5, 0.6) is 0 Å². The summed E-state index contributed by atoms with van der Waals surface area (Å²) >= 11 is 0. The van der Waals surface area contributed by atoms with Crippen LogP contribution in [0, 0.1) is 0 Å². The maximum atomic E-state index is 12.6. The molecule has 1 aliphatic rings. The van der Waals surface area contributed by atoms with E-state index in [1.807, 2.05) is 0 Å². The summed E-state index contributed by atoms with van der Waals surface area (Å²) in [7, 11) is -3.60. The Balaban J connectivity index is 2.04. The van der Waals surface area contributed by atoms with Crippen LogP contribution in [0.3, 0.4) is 0 Å². The number of carbonyl (C=O) groups excluding carboxylic acids is 1. The van der Waals surface area contributed by atoms with Gasteiger partial charge in [-0.05, 0) is 44.0 Å². The van der Waals surface area contributed by atoms with Gasteiger partial charge in [0.25, 0.3) is 0 Å². The summed E-state index contributed by atoms with van der Waals surface area (Å²) in [5.74, 6) is -1.03. The number of rotatable bonds is 5. The van der Waals surface area contributed by atoms with Crippen molar-refractivity contribution in [3.05, 3.63) is 24.3 Å². The first-order chi connectivity index (χ1) is 11.4. The highest BCUT2D eigenvalue weighted by atomic mass is 32.2. The van der Waals surface area contributed by atoms with E-state index in [1.165, 1.54) is 28.6 Å². The highest BCUT2D eigenvalue weighted by molar-refractivity contribution is 7.89. The van der Waals surface area contributed by atoms with E-state index in [9.17, 15) is 31.5 Å². The number of hydrogen-bond donors (Lipinski definition) is 2. The standard InChI is InChI=1S/C15H19F3N2O4S/c1-14(22,15(16,17)18)10-13(21)19-11-4-6-12(7-5-11)25(23,24)20-8-2-3-9-20/h4-7,22H,2-3,8-10H2,1H3,(H,19,21). The predicted octanol–water partition coefficient (Wildman–Crippen LogP) is 2.11. The maximum absolute atomic E-state index is 12.6. The maximum Gasteiger partial charge on any atom is 0.417 e. The lowest BCUT2D eigenvalue weighted by Gasteiger charge is -2.25. The number of sulfonamides is 1. The zero-order valence-corrected chi connectivity index (χ0v) is 14.3. The molecular weight excluding hydrogens is 361 g/mol. The lowest BCUT2D eigenvalue weighted by atomic mass is 10.0. The number of anilines is 1. The summed E-state index contributed by atoms with van der Waals surface area (Å²) in [4.78, 5) is 11.7. The molecule has 0 aromatic heterocycles. The van der Waals surface area contributed by atoms with Gasteiger partial charge in [-0.1, -0.05) is 0 Å². The second-order valence-electron chi connectivity index (χ2n) is 6.13. The molecule has 1 unspecified atom stereocenters. The van der Waals surface area contributed by atoms with Gasteiger partial charge in [0.05, 0.1) is 11.3 Å². The minimum atomic E-state index is -4.93. The Bertz CT molecular complexity index is 724. The zero-order chi connectivity index (χ0) is 18.9. The fraction of sp³-hybridized carbons (Fsp3) is 0.533. The van der Waals surface area contributed by atoms with Crippen molar-refractivity contribution in [2.45, 2.75) is 42.9 Å². The van der Waals surface area contributed by atoms with Gasteiger partial charge in [0, 0.05) is 18.8 Å². The summed E-state index contributed by atoms with van der Waals surface area (Å²) in [5, 5.41) is 11.5. The van der Waals surface area contributed by atoms with Gasteiger partial charge in [0.2, 0.25) is 15.9 Å². The topological polar surface area (TPSA) is 86.7 Å². The molecule has 0 saturated carbocycles. The average Bonchev–Trinajstić information content (AvgIpc) is 3.00. The van der Waals surface area contributed by atoms with Crippen LogP contribution < -0.4 is 5.32 Å². The van der Waals surface area contributed by atoms with Gasteiger partial charge in [0.15, 0.2) is 5.60 Å². The first-order valence-corrected chi connectivity index (χ1v) is 9.07. The van der Waals surface area contributed by atoms with Gasteiger partial charge in [-0.3, -0.25) is 4.79 Å². The molecule has 0 aliphatic carbocycles. The number of hydrogen-bond acceptors (Lipinski definition) is 4. The molecular formula is C15H19F3N2O4S. The summed E-state index contributed by atoms with van der Waals surface area (Å²) in [6.45, 7) is 1.42. The van der Waals surface area contributed by atoms with E-state index >= 15 is 0 Å². The van der Waals surface area contributed by atoms with E-state index < -0.39 is 34.1 Å². The predicted molar refractivity (Wildman–Crippen MR) is 84.4 cm³/mol. The number of halogens is 3. The van der Waals surface area contributed by atoms with Crippen molar-refractivity contribution in [2.24, 2.45) is 0 Å². The van der Waals surface area contributed by atoms with E-state index in [1.54, 1.807) is 0 Å². The number of carbonyl (C=O) groups is 1. The number of benzene rings is 1.